The van der Waals surface area contributed by atoms with E-state index in [-0.39, 0.29) is 6.10 Å². The molecule has 0 aliphatic heterocycles. The topological polar surface area (TPSA) is 95.9 Å². The van der Waals surface area contributed by atoms with E-state index in [1.54, 1.807) is 11.3 Å². The van der Waals surface area contributed by atoms with Crippen molar-refractivity contribution in [1.82, 2.24) is 19.9 Å². The minimum Gasteiger partial charge on any atom is -0.393 e. The third-order valence-corrected chi connectivity index (χ3v) is 7.24. The Kier molecular flexibility index (Phi) is 5.06. The Morgan fingerprint density at radius 2 is 1.83 bits per heavy atom. The van der Waals surface area contributed by atoms with E-state index in [0.717, 1.165) is 57.3 Å². The summed E-state index contributed by atoms with van der Waals surface area (Å²) in [5.41, 5.74) is 3.77. The van der Waals surface area contributed by atoms with E-state index in [4.69, 9.17) is 15.0 Å². The molecule has 1 unspecified atom stereocenters. The molecule has 3 N–H and O–H groups in total. The SMILES string of the molecule is Cc1nc(NC2CC2)nc(N[C@H]2CC[C@@H](C(C)O)C2)c1-c1nc2c(C)nccc2s1. The number of anilines is 2. The maximum atomic E-state index is 9.99. The van der Waals surface area contributed by atoms with Crippen LogP contribution in [0.25, 0.3) is 20.8 Å². The van der Waals surface area contributed by atoms with Gasteiger partial charge in [0.15, 0.2) is 0 Å². The average molecular weight is 425 g/mol. The molecule has 0 saturated heterocycles. The number of hydrogen-bond acceptors (Lipinski definition) is 8. The molecule has 0 bridgehead atoms. The van der Waals surface area contributed by atoms with Gasteiger partial charge in [-0.15, -0.1) is 11.3 Å². The number of fused-ring (bicyclic) bond motifs is 1. The highest BCUT2D eigenvalue weighted by Crippen LogP contribution is 2.39. The summed E-state index contributed by atoms with van der Waals surface area (Å²) in [6, 6.07) is 2.80. The van der Waals surface area contributed by atoms with Gasteiger partial charge in [-0.1, -0.05) is 0 Å². The van der Waals surface area contributed by atoms with Crippen molar-refractivity contribution in [1.29, 1.82) is 0 Å². The van der Waals surface area contributed by atoms with E-state index in [2.05, 4.69) is 15.6 Å². The summed E-state index contributed by atoms with van der Waals surface area (Å²) < 4.78 is 1.12. The Bertz CT molecular complexity index is 1080. The first-order valence-electron chi connectivity index (χ1n) is 10.8. The number of aryl methyl sites for hydroxylation is 2. The van der Waals surface area contributed by atoms with Crippen LogP contribution in [-0.2, 0) is 0 Å². The zero-order chi connectivity index (χ0) is 20.8. The molecule has 5 rings (SSSR count). The molecule has 30 heavy (non-hydrogen) atoms. The third kappa shape index (κ3) is 3.86. The first-order chi connectivity index (χ1) is 14.5. The van der Waals surface area contributed by atoms with Crippen LogP contribution in [0, 0.1) is 19.8 Å². The number of pyridine rings is 1. The second kappa shape index (κ2) is 7.74. The maximum absolute atomic E-state index is 9.99. The zero-order valence-electron chi connectivity index (χ0n) is 17.6. The minimum atomic E-state index is -0.268. The van der Waals surface area contributed by atoms with Crippen molar-refractivity contribution >= 4 is 33.3 Å². The Morgan fingerprint density at radius 3 is 2.53 bits per heavy atom. The third-order valence-electron chi connectivity index (χ3n) is 6.20. The van der Waals surface area contributed by atoms with Crippen LogP contribution in [0.4, 0.5) is 11.8 Å². The standard InChI is InChI=1S/C22H28N6OS/c1-11-18(21-27-19-12(2)23-9-8-17(19)30-21)20(28-22(24-11)26-15-6-7-15)25-16-5-4-14(10-16)13(3)29/h8-9,13-16,29H,4-7,10H2,1-3H3,(H2,24,25,26,28)/t13?,14-,16+/m1/s1. The number of rotatable bonds is 6. The summed E-state index contributed by atoms with van der Waals surface area (Å²) in [7, 11) is 0. The van der Waals surface area contributed by atoms with Crippen LogP contribution in [-0.4, -0.2) is 43.2 Å². The molecule has 0 spiro atoms. The lowest BCUT2D eigenvalue weighted by molar-refractivity contribution is 0.128. The predicted octanol–water partition coefficient (Wildman–Crippen LogP) is 4.30. The van der Waals surface area contributed by atoms with Crippen molar-refractivity contribution < 1.29 is 5.11 Å². The van der Waals surface area contributed by atoms with Crippen LogP contribution in [0.1, 0.15) is 50.4 Å². The molecule has 3 aromatic heterocycles. The number of aliphatic hydroxyl groups excluding tert-OH is 1. The highest BCUT2D eigenvalue weighted by Gasteiger charge is 2.30. The van der Waals surface area contributed by atoms with Crippen molar-refractivity contribution in [3.05, 3.63) is 23.7 Å². The minimum absolute atomic E-state index is 0.268. The van der Waals surface area contributed by atoms with Crippen LogP contribution in [0.15, 0.2) is 12.3 Å². The molecule has 2 aliphatic rings. The van der Waals surface area contributed by atoms with Gasteiger partial charge in [0.2, 0.25) is 5.95 Å². The Balaban J connectivity index is 1.53. The van der Waals surface area contributed by atoms with Crippen molar-refractivity contribution in [2.75, 3.05) is 10.6 Å². The van der Waals surface area contributed by atoms with E-state index in [0.29, 0.717) is 23.9 Å². The molecular formula is C22H28N6OS. The van der Waals surface area contributed by atoms with Gasteiger partial charge in [-0.25, -0.2) is 9.97 Å². The molecule has 3 aromatic rings. The lowest BCUT2D eigenvalue weighted by Gasteiger charge is -2.19. The summed E-state index contributed by atoms with van der Waals surface area (Å²) in [6.45, 7) is 5.92. The summed E-state index contributed by atoms with van der Waals surface area (Å²) >= 11 is 1.66. The Labute approximate surface area is 180 Å². The molecule has 2 saturated carbocycles. The van der Waals surface area contributed by atoms with Crippen molar-refractivity contribution in [3.63, 3.8) is 0 Å². The van der Waals surface area contributed by atoms with Gasteiger partial charge in [0.1, 0.15) is 16.3 Å². The van der Waals surface area contributed by atoms with Crippen LogP contribution >= 0.6 is 11.3 Å². The molecule has 0 amide bonds. The lowest BCUT2D eigenvalue weighted by Crippen LogP contribution is -2.21. The molecule has 2 fully saturated rings. The Morgan fingerprint density at radius 1 is 1.03 bits per heavy atom. The van der Waals surface area contributed by atoms with Gasteiger partial charge in [-0.2, -0.15) is 4.98 Å². The summed E-state index contributed by atoms with van der Waals surface area (Å²) in [5, 5.41) is 18.0. The van der Waals surface area contributed by atoms with E-state index in [1.807, 2.05) is 33.0 Å². The largest absolute Gasteiger partial charge is 0.393 e. The van der Waals surface area contributed by atoms with Gasteiger partial charge in [-0.3, -0.25) is 4.98 Å². The van der Waals surface area contributed by atoms with Crippen molar-refractivity contribution in [3.8, 4) is 10.6 Å². The maximum Gasteiger partial charge on any atom is 0.225 e. The van der Waals surface area contributed by atoms with Crippen LogP contribution in [0.3, 0.4) is 0 Å². The number of thiazole rings is 1. The highest BCUT2D eigenvalue weighted by molar-refractivity contribution is 7.21. The smallest absolute Gasteiger partial charge is 0.225 e. The molecule has 0 radical (unpaired) electrons. The summed E-state index contributed by atoms with van der Waals surface area (Å²) in [5.74, 6) is 1.87. The predicted molar refractivity (Wildman–Crippen MR) is 121 cm³/mol. The molecule has 2 aliphatic carbocycles. The van der Waals surface area contributed by atoms with E-state index in [9.17, 15) is 5.11 Å². The average Bonchev–Trinajstić information content (AvgIpc) is 3.20. The molecule has 0 aromatic carbocycles. The fourth-order valence-electron chi connectivity index (χ4n) is 4.28. The van der Waals surface area contributed by atoms with Crippen LogP contribution < -0.4 is 10.6 Å². The second-order valence-electron chi connectivity index (χ2n) is 8.69. The Hall–Kier alpha value is -2.32. The number of nitrogens with zero attached hydrogens (tertiary/aromatic N) is 4. The van der Waals surface area contributed by atoms with Gasteiger partial charge in [0, 0.05) is 18.3 Å². The van der Waals surface area contributed by atoms with Gasteiger partial charge in [-0.05, 0) is 64.9 Å². The van der Waals surface area contributed by atoms with Gasteiger partial charge < -0.3 is 15.7 Å². The zero-order valence-corrected chi connectivity index (χ0v) is 18.5. The van der Waals surface area contributed by atoms with Crippen molar-refractivity contribution in [2.24, 2.45) is 5.92 Å². The quantitative estimate of drug-likeness (QED) is 0.543. The summed E-state index contributed by atoms with van der Waals surface area (Å²) in [6.07, 6.45) is 6.94. The van der Waals surface area contributed by atoms with Crippen LogP contribution in [0.2, 0.25) is 0 Å². The molecule has 158 valence electrons. The second-order valence-corrected chi connectivity index (χ2v) is 9.72. The normalized spacial score (nSPS) is 22.4. The summed E-state index contributed by atoms with van der Waals surface area (Å²) in [4.78, 5) is 18.9. The molecule has 8 heteroatoms. The van der Waals surface area contributed by atoms with E-state index < -0.39 is 0 Å². The number of hydrogen-bond donors (Lipinski definition) is 3. The fourth-order valence-corrected chi connectivity index (χ4v) is 5.39. The number of aromatic nitrogens is 4. The van der Waals surface area contributed by atoms with Gasteiger partial charge >= 0.3 is 0 Å². The van der Waals surface area contributed by atoms with Gasteiger partial charge in [0.05, 0.1) is 27.8 Å². The van der Waals surface area contributed by atoms with E-state index in [1.165, 1.54) is 12.8 Å². The monoisotopic (exact) mass is 424 g/mol. The van der Waals surface area contributed by atoms with Crippen molar-refractivity contribution in [2.45, 2.75) is 71.1 Å². The number of aliphatic hydroxyl groups is 1. The molecular weight excluding hydrogens is 396 g/mol. The first-order valence-corrected chi connectivity index (χ1v) is 11.6. The highest BCUT2D eigenvalue weighted by atomic mass is 32.1. The molecule has 3 atom stereocenters. The van der Waals surface area contributed by atoms with Gasteiger partial charge in [0.25, 0.3) is 0 Å². The van der Waals surface area contributed by atoms with E-state index >= 15 is 0 Å². The number of nitrogens with one attached hydrogen (secondary N) is 2. The molecule has 3 heterocycles. The lowest BCUT2D eigenvalue weighted by atomic mass is 10.0. The molecule has 7 nitrogen and oxygen atoms in total. The van der Waals surface area contributed by atoms with Crippen LogP contribution in [0.5, 0.6) is 0 Å². The first kappa shape index (κ1) is 19.6. The fraction of sp³-hybridized carbons (Fsp3) is 0.545.